The van der Waals surface area contributed by atoms with Crippen LogP contribution in [0.2, 0.25) is 0 Å². The normalized spacial score (nSPS) is 17.6. The molecule has 0 saturated carbocycles. The molecule has 1 fully saturated rings. The molecule has 1 aliphatic heterocycles. The van der Waals surface area contributed by atoms with Crippen molar-refractivity contribution in [1.29, 1.82) is 0 Å². The van der Waals surface area contributed by atoms with Crippen molar-refractivity contribution in [3.05, 3.63) is 29.3 Å². The van der Waals surface area contributed by atoms with Crippen LogP contribution in [0.4, 0.5) is 5.69 Å². The van der Waals surface area contributed by atoms with Gasteiger partial charge in [0.15, 0.2) is 0 Å². The van der Waals surface area contributed by atoms with E-state index in [1.165, 1.54) is 43.5 Å². The van der Waals surface area contributed by atoms with E-state index in [1.54, 1.807) is 0 Å². The topological polar surface area (TPSA) is 29.3 Å². The smallest absolute Gasteiger partial charge is 0.0317 e. The van der Waals surface area contributed by atoms with Gasteiger partial charge in [-0.1, -0.05) is 19.4 Å². The molecule has 1 aliphatic rings. The van der Waals surface area contributed by atoms with Crippen LogP contribution in [0.25, 0.3) is 0 Å². The molecule has 0 atom stereocenters. The van der Waals surface area contributed by atoms with Gasteiger partial charge in [0, 0.05) is 12.2 Å². The van der Waals surface area contributed by atoms with Crippen molar-refractivity contribution in [2.75, 3.05) is 18.8 Å². The van der Waals surface area contributed by atoms with Gasteiger partial charge in [-0.25, -0.2) is 0 Å². The van der Waals surface area contributed by atoms with Gasteiger partial charge in [0.2, 0.25) is 0 Å². The number of nitrogens with two attached hydrogens (primary N) is 1. The summed E-state index contributed by atoms with van der Waals surface area (Å²) in [5, 5.41) is 0. The Morgan fingerprint density at radius 3 is 2.56 bits per heavy atom. The third kappa shape index (κ3) is 2.76. The molecule has 0 bridgehead atoms. The summed E-state index contributed by atoms with van der Waals surface area (Å²) in [5.41, 5.74) is 9.63. The van der Waals surface area contributed by atoms with Crippen molar-refractivity contribution in [3.8, 4) is 0 Å². The Morgan fingerprint density at radius 2 is 1.88 bits per heavy atom. The van der Waals surface area contributed by atoms with Crippen LogP contribution in [-0.2, 0) is 13.0 Å². The molecule has 1 heterocycles. The molecule has 2 N–H and O–H groups in total. The number of aryl methyl sites for hydroxylation is 1. The maximum absolute atomic E-state index is 5.87. The minimum Gasteiger partial charge on any atom is -0.399 e. The lowest BCUT2D eigenvalue weighted by Gasteiger charge is -2.27. The van der Waals surface area contributed by atoms with E-state index in [0.717, 1.165) is 18.7 Å². The highest BCUT2D eigenvalue weighted by molar-refractivity contribution is 5.44. The van der Waals surface area contributed by atoms with E-state index < -0.39 is 0 Å². The lowest BCUT2D eigenvalue weighted by Crippen LogP contribution is -2.29. The maximum atomic E-state index is 5.87. The second kappa shape index (κ2) is 5.35. The average Bonchev–Trinajstić information content (AvgIpc) is 2.31. The fourth-order valence-electron chi connectivity index (χ4n) is 2.50. The summed E-state index contributed by atoms with van der Waals surface area (Å²) in [7, 11) is 0. The first kappa shape index (κ1) is 11.5. The molecule has 0 spiro atoms. The standard InChI is InChI=1S/C14H22N2/c1-2-12-6-7-14(15)10-13(12)11-16-8-4-3-5-9-16/h6-7,10H,2-5,8-9,11,15H2,1H3. The van der Waals surface area contributed by atoms with E-state index >= 15 is 0 Å². The molecule has 16 heavy (non-hydrogen) atoms. The molecule has 2 nitrogen and oxygen atoms in total. The fraction of sp³-hybridized carbons (Fsp3) is 0.571. The van der Waals surface area contributed by atoms with Crippen molar-refractivity contribution < 1.29 is 0 Å². The van der Waals surface area contributed by atoms with Gasteiger partial charge in [-0.15, -0.1) is 0 Å². The minimum atomic E-state index is 0.893. The average molecular weight is 218 g/mol. The van der Waals surface area contributed by atoms with Crippen LogP contribution in [0.1, 0.15) is 37.3 Å². The summed E-state index contributed by atoms with van der Waals surface area (Å²) < 4.78 is 0. The van der Waals surface area contributed by atoms with Crippen LogP contribution in [0, 0.1) is 0 Å². The molecule has 0 radical (unpaired) electrons. The summed E-state index contributed by atoms with van der Waals surface area (Å²) in [5.74, 6) is 0. The number of rotatable bonds is 3. The van der Waals surface area contributed by atoms with Crippen LogP contribution in [-0.4, -0.2) is 18.0 Å². The van der Waals surface area contributed by atoms with Gasteiger partial charge in [0.1, 0.15) is 0 Å². The zero-order valence-corrected chi connectivity index (χ0v) is 10.2. The second-order valence-corrected chi connectivity index (χ2v) is 4.72. The molecule has 2 heteroatoms. The van der Waals surface area contributed by atoms with Crippen molar-refractivity contribution in [2.24, 2.45) is 0 Å². The molecule has 2 rings (SSSR count). The van der Waals surface area contributed by atoms with E-state index in [4.69, 9.17) is 5.73 Å². The van der Waals surface area contributed by atoms with Gasteiger partial charge in [-0.3, -0.25) is 4.90 Å². The molecule has 0 amide bonds. The summed E-state index contributed by atoms with van der Waals surface area (Å²) in [4.78, 5) is 2.55. The van der Waals surface area contributed by atoms with Gasteiger partial charge < -0.3 is 5.73 Å². The van der Waals surface area contributed by atoms with E-state index in [1.807, 2.05) is 6.07 Å². The molecular weight excluding hydrogens is 196 g/mol. The number of benzene rings is 1. The highest BCUT2D eigenvalue weighted by Gasteiger charge is 2.12. The summed E-state index contributed by atoms with van der Waals surface area (Å²) >= 11 is 0. The van der Waals surface area contributed by atoms with Gasteiger partial charge in [-0.2, -0.15) is 0 Å². The maximum Gasteiger partial charge on any atom is 0.0317 e. The Labute approximate surface area is 98.4 Å². The largest absolute Gasteiger partial charge is 0.399 e. The van der Waals surface area contributed by atoms with Crippen LogP contribution < -0.4 is 5.73 Å². The van der Waals surface area contributed by atoms with Crippen molar-refractivity contribution >= 4 is 5.69 Å². The number of piperidine rings is 1. The SMILES string of the molecule is CCc1ccc(N)cc1CN1CCCCC1. The Kier molecular flexibility index (Phi) is 3.83. The number of hydrogen-bond donors (Lipinski definition) is 1. The third-order valence-electron chi connectivity index (χ3n) is 3.45. The molecule has 0 aromatic heterocycles. The Bertz CT molecular complexity index is 341. The zero-order chi connectivity index (χ0) is 11.4. The van der Waals surface area contributed by atoms with Crippen molar-refractivity contribution in [1.82, 2.24) is 4.90 Å². The number of anilines is 1. The van der Waals surface area contributed by atoms with E-state index in [-0.39, 0.29) is 0 Å². The van der Waals surface area contributed by atoms with Gasteiger partial charge >= 0.3 is 0 Å². The summed E-state index contributed by atoms with van der Waals surface area (Å²) in [6, 6.07) is 6.33. The summed E-state index contributed by atoms with van der Waals surface area (Å²) in [6.07, 6.45) is 5.20. The van der Waals surface area contributed by atoms with E-state index in [2.05, 4.69) is 24.0 Å². The number of likely N-dealkylation sites (tertiary alicyclic amines) is 1. The monoisotopic (exact) mass is 218 g/mol. The predicted molar refractivity (Wildman–Crippen MR) is 69.4 cm³/mol. The Morgan fingerprint density at radius 1 is 1.12 bits per heavy atom. The van der Waals surface area contributed by atoms with Crippen LogP contribution >= 0.6 is 0 Å². The summed E-state index contributed by atoms with van der Waals surface area (Å²) in [6.45, 7) is 5.79. The molecule has 0 unspecified atom stereocenters. The van der Waals surface area contributed by atoms with Crippen LogP contribution in [0.15, 0.2) is 18.2 Å². The lowest BCUT2D eigenvalue weighted by atomic mass is 10.0. The number of nitrogens with zero attached hydrogens (tertiary/aromatic N) is 1. The first-order valence-electron chi connectivity index (χ1n) is 6.39. The van der Waals surface area contributed by atoms with Crippen LogP contribution in [0.5, 0.6) is 0 Å². The highest BCUT2D eigenvalue weighted by Crippen LogP contribution is 2.19. The van der Waals surface area contributed by atoms with Gasteiger partial charge in [0.05, 0.1) is 0 Å². The molecule has 1 saturated heterocycles. The lowest BCUT2D eigenvalue weighted by molar-refractivity contribution is 0.220. The molecule has 0 aliphatic carbocycles. The molecule has 1 aromatic carbocycles. The molecular formula is C14H22N2. The van der Waals surface area contributed by atoms with Gasteiger partial charge in [0.25, 0.3) is 0 Å². The predicted octanol–water partition coefficient (Wildman–Crippen LogP) is 2.82. The first-order chi connectivity index (χ1) is 7.79. The third-order valence-corrected chi connectivity index (χ3v) is 3.45. The molecule has 1 aromatic rings. The first-order valence-corrected chi connectivity index (χ1v) is 6.39. The van der Waals surface area contributed by atoms with Crippen molar-refractivity contribution in [2.45, 2.75) is 39.2 Å². The van der Waals surface area contributed by atoms with Crippen molar-refractivity contribution in [3.63, 3.8) is 0 Å². The van der Waals surface area contributed by atoms with E-state index in [9.17, 15) is 0 Å². The Hall–Kier alpha value is -1.02. The quantitative estimate of drug-likeness (QED) is 0.790. The second-order valence-electron chi connectivity index (χ2n) is 4.72. The van der Waals surface area contributed by atoms with Gasteiger partial charge in [-0.05, 0) is 55.6 Å². The Balaban J connectivity index is 2.09. The van der Waals surface area contributed by atoms with E-state index in [0.29, 0.717) is 0 Å². The zero-order valence-electron chi connectivity index (χ0n) is 10.2. The minimum absolute atomic E-state index is 0.893. The number of nitrogen functional groups attached to an aromatic ring is 1. The highest BCUT2D eigenvalue weighted by atomic mass is 15.1. The fourth-order valence-corrected chi connectivity index (χ4v) is 2.50. The van der Waals surface area contributed by atoms with Crippen LogP contribution in [0.3, 0.4) is 0 Å². The number of hydrogen-bond acceptors (Lipinski definition) is 2. The molecule has 88 valence electrons.